The number of aryl methyl sites for hydroxylation is 2. The molecule has 6 aromatic rings. The number of nitrogen functional groups attached to an aromatic ring is 1. The summed E-state index contributed by atoms with van der Waals surface area (Å²) in [4.78, 5) is 27.4. The molecule has 6 rings (SSSR count). The van der Waals surface area contributed by atoms with Crippen LogP contribution in [-0.4, -0.2) is 37.7 Å². The molecule has 0 aliphatic carbocycles. The van der Waals surface area contributed by atoms with Crippen LogP contribution in [0.1, 0.15) is 17.0 Å². The third kappa shape index (κ3) is 4.19. The summed E-state index contributed by atoms with van der Waals surface area (Å²) in [5.74, 6) is 0.606. The Morgan fingerprint density at radius 1 is 0.900 bits per heavy atom. The molecule has 3 aromatic carbocycles. The molecule has 0 amide bonds. The van der Waals surface area contributed by atoms with Crippen molar-refractivity contribution < 1.29 is 8.42 Å². The number of aromatic nitrogens is 6. The molecule has 3 heterocycles. The van der Waals surface area contributed by atoms with E-state index in [0.29, 0.717) is 44.7 Å². The molecule has 0 aliphatic heterocycles. The van der Waals surface area contributed by atoms with Crippen LogP contribution >= 0.6 is 0 Å². The normalized spacial score (nSPS) is 11.9. The second kappa shape index (κ2) is 9.36. The Kier molecular flexibility index (Phi) is 5.93. The van der Waals surface area contributed by atoms with Gasteiger partial charge in [0, 0.05) is 5.56 Å². The number of hydrogen-bond donors (Lipinski definition) is 2. The molecule has 0 aliphatic rings. The number of para-hydroxylation sites is 1. The van der Waals surface area contributed by atoms with Crippen molar-refractivity contribution >= 4 is 37.8 Å². The number of nitrogens with zero attached hydrogens (tertiary/aromatic N) is 6. The Morgan fingerprint density at radius 3 is 2.42 bits per heavy atom. The topological polar surface area (TPSA) is 165 Å². The maximum absolute atomic E-state index is 14.0. The zero-order valence-electron chi connectivity index (χ0n) is 21.6. The first-order valence-corrected chi connectivity index (χ1v) is 13.9. The third-order valence-corrected chi connectivity index (χ3v) is 7.73. The van der Waals surface area contributed by atoms with E-state index in [0.717, 1.165) is 11.1 Å². The molecule has 0 radical (unpaired) electrons. The minimum Gasteiger partial charge on any atom is -0.383 e. The van der Waals surface area contributed by atoms with Crippen molar-refractivity contribution in [3.63, 3.8) is 0 Å². The maximum Gasteiger partial charge on any atom is 0.266 e. The molecule has 12 heteroatoms. The number of benzene rings is 3. The van der Waals surface area contributed by atoms with Crippen LogP contribution in [0.15, 0.2) is 82.7 Å². The van der Waals surface area contributed by atoms with Crippen LogP contribution in [-0.2, 0) is 16.6 Å². The van der Waals surface area contributed by atoms with Gasteiger partial charge in [0.2, 0.25) is 10.0 Å². The number of hydrogen-bond acceptors (Lipinski definition) is 8. The molecule has 0 fully saturated rings. The maximum atomic E-state index is 14.0. The highest BCUT2D eigenvalue weighted by Gasteiger charge is 2.22. The molecule has 11 nitrogen and oxygen atoms in total. The zero-order valence-corrected chi connectivity index (χ0v) is 22.4. The lowest BCUT2D eigenvalue weighted by molar-refractivity contribution is 0.598. The van der Waals surface area contributed by atoms with Crippen LogP contribution in [0.3, 0.4) is 0 Å². The van der Waals surface area contributed by atoms with E-state index in [1.54, 1.807) is 27.4 Å². The standard InChI is InChI=1S/C28H24N8O3S/c1-16-7-3-4-12-21(16)36-22(33-20-11-5-8-17(2)23(20)28(36)37)14-35-27-24(26(29)31-15-32-27)25(34-35)18-9-6-10-19(13-18)40(30,38)39/h3-13,15H,14H2,1-2H3,(H2,29,31,32)(H2,30,38,39). The van der Waals surface area contributed by atoms with Crippen molar-refractivity contribution in [2.24, 2.45) is 5.14 Å². The first kappa shape index (κ1) is 25.3. The fourth-order valence-electron chi connectivity index (χ4n) is 4.91. The van der Waals surface area contributed by atoms with Crippen molar-refractivity contribution in [3.05, 3.63) is 100 Å². The van der Waals surface area contributed by atoms with E-state index in [1.165, 1.54) is 18.5 Å². The average Bonchev–Trinajstić information content (AvgIpc) is 3.29. The van der Waals surface area contributed by atoms with Gasteiger partial charge >= 0.3 is 0 Å². The Hall–Kier alpha value is -4.94. The van der Waals surface area contributed by atoms with Crippen LogP contribution < -0.4 is 16.4 Å². The summed E-state index contributed by atoms with van der Waals surface area (Å²) in [7, 11) is -3.95. The summed E-state index contributed by atoms with van der Waals surface area (Å²) >= 11 is 0. The molecular weight excluding hydrogens is 528 g/mol. The van der Waals surface area contributed by atoms with Crippen LogP contribution in [0.5, 0.6) is 0 Å². The molecule has 0 bridgehead atoms. The first-order chi connectivity index (χ1) is 19.1. The van der Waals surface area contributed by atoms with Crippen LogP contribution in [0.2, 0.25) is 0 Å². The summed E-state index contributed by atoms with van der Waals surface area (Å²) in [5, 5.41) is 11.1. The number of sulfonamides is 1. The molecule has 3 aromatic heterocycles. The predicted octanol–water partition coefficient (Wildman–Crippen LogP) is 3.09. The van der Waals surface area contributed by atoms with Crippen molar-refractivity contribution in [2.45, 2.75) is 25.3 Å². The average molecular weight is 553 g/mol. The molecule has 0 saturated carbocycles. The molecule has 200 valence electrons. The zero-order chi connectivity index (χ0) is 28.2. The van der Waals surface area contributed by atoms with E-state index < -0.39 is 10.0 Å². The van der Waals surface area contributed by atoms with Gasteiger partial charge in [-0.25, -0.2) is 33.2 Å². The molecule has 0 spiro atoms. The van der Waals surface area contributed by atoms with Gasteiger partial charge in [0.1, 0.15) is 30.2 Å². The third-order valence-electron chi connectivity index (χ3n) is 6.82. The van der Waals surface area contributed by atoms with Gasteiger partial charge < -0.3 is 5.73 Å². The lowest BCUT2D eigenvalue weighted by Gasteiger charge is -2.16. The van der Waals surface area contributed by atoms with Crippen LogP contribution in [0.4, 0.5) is 5.82 Å². The summed E-state index contributed by atoms with van der Waals surface area (Å²) in [5.41, 5.74) is 10.3. The van der Waals surface area contributed by atoms with Gasteiger partial charge in [-0.15, -0.1) is 0 Å². The molecule has 0 saturated heterocycles. The molecule has 0 unspecified atom stereocenters. The Morgan fingerprint density at radius 2 is 1.65 bits per heavy atom. The minimum absolute atomic E-state index is 0.0648. The highest BCUT2D eigenvalue weighted by atomic mass is 32.2. The largest absolute Gasteiger partial charge is 0.383 e. The predicted molar refractivity (Wildman–Crippen MR) is 152 cm³/mol. The van der Waals surface area contributed by atoms with Gasteiger partial charge in [-0.05, 0) is 49.2 Å². The van der Waals surface area contributed by atoms with E-state index in [9.17, 15) is 13.2 Å². The van der Waals surface area contributed by atoms with Gasteiger partial charge in [0.05, 0.1) is 26.9 Å². The van der Waals surface area contributed by atoms with Gasteiger partial charge in [-0.1, -0.05) is 42.5 Å². The van der Waals surface area contributed by atoms with Gasteiger partial charge in [0.15, 0.2) is 5.65 Å². The van der Waals surface area contributed by atoms with Gasteiger partial charge in [-0.2, -0.15) is 5.10 Å². The van der Waals surface area contributed by atoms with E-state index in [2.05, 4.69) is 9.97 Å². The summed E-state index contributed by atoms with van der Waals surface area (Å²) in [6, 6.07) is 19.2. The van der Waals surface area contributed by atoms with E-state index >= 15 is 0 Å². The van der Waals surface area contributed by atoms with Crippen molar-refractivity contribution in [2.75, 3.05) is 5.73 Å². The fraction of sp³-hybridized carbons (Fsp3) is 0.107. The van der Waals surface area contributed by atoms with E-state index in [-0.39, 0.29) is 22.8 Å². The SMILES string of the molecule is Cc1ccccc1-n1c(Cn2nc(-c3cccc(S(N)(=O)=O)c3)c3c(N)ncnc32)nc2cccc(C)c2c1=O. The van der Waals surface area contributed by atoms with E-state index in [1.807, 2.05) is 50.2 Å². The first-order valence-electron chi connectivity index (χ1n) is 12.3. The molecule has 0 atom stereocenters. The molecular formula is C28H24N8O3S. The summed E-state index contributed by atoms with van der Waals surface area (Å²) < 4.78 is 27.2. The summed E-state index contributed by atoms with van der Waals surface area (Å²) in [6.07, 6.45) is 1.33. The number of anilines is 1. The van der Waals surface area contributed by atoms with Crippen molar-refractivity contribution in [1.29, 1.82) is 0 Å². The van der Waals surface area contributed by atoms with Crippen LogP contribution in [0, 0.1) is 13.8 Å². The highest BCUT2D eigenvalue weighted by molar-refractivity contribution is 7.89. The van der Waals surface area contributed by atoms with E-state index in [4.69, 9.17) is 21.0 Å². The number of rotatable bonds is 5. The Bertz CT molecular complexity index is 2130. The Labute approximate surface area is 228 Å². The second-order valence-electron chi connectivity index (χ2n) is 9.46. The second-order valence-corrected chi connectivity index (χ2v) is 11.0. The smallest absolute Gasteiger partial charge is 0.266 e. The molecule has 4 N–H and O–H groups in total. The highest BCUT2D eigenvalue weighted by Crippen LogP contribution is 2.31. The van der Waals surface area contributed by atoms with Gasteiger partial charge in [-0.3, -0.25) is 9.36 Å². The quantitative estimate of drug-likeness (QED) is 0.329. The lowest BCUT2D eigenvalue weighted by Crippen LogP contribution is -2.26. The minimum atomic E-state index is -3.95. The van der Waals surface area contributed by atoms with Gasteiger partial charge in [0.25, 0.3) is 5.56 Å². The monoisotopic (exact) mass is 552 g/mol. The summed E-state index contributed by atoms with van der Waals surface area (Å²) in [6.45, 7) is 3.88. The Balaban J connectivity index is 1.61. The lowest BCUT2D eigenvalue weighted by atomic mass is 10.1. The number of fused-ring (bicyclic) bond motifs is 2. The van der Waals surface area contributed by atoms with Crippen molar-refractivity contribution in [1.82, 2.24) is 29.3 Å². The molecule has 40 heavy (non-hydrogen) atoms. The fourth-order valence-corrected chi connectivity index (χ4v) is 5.47. The number of nitrogens with two attached hydrogens (primary N) is 2. The number of primary sulfonamides is 1. The van der Waals surface area contributed by atoms with Crippen molar-refractivity contribution in [3.8, 4) is 16.9 Å². The van der Waals surface area contributed by atoms with Crippen LogP contribution in [0.25, 0.3) is 38.9 Å².